The molecule has 0 fully saturated rings. The van der Waals surface area contributed by atoms with Gasteiger partial charge in [-0.25, -0.2) is 0 Å². The van der Waals surface area contributed by atoms with Crippen LogP contribution in [0.3, 0.4) is 0 Å². The largest absolute Gasteiger partial charge is 0.507 e. The van der Waals surface area contributed by atoms with Gasteiger partial charge >= 0.3 is 0 Å². The van der Waals surface area contributed by atoms with Crippen molar-refractivity contribution in [2.75, 3.05) is 6.61 Å². The second-order valence-electron chi connectivity index (χ2n) is 4.90. The van der Waals surface area contributed by atoms with Gasteiger partial charge in [-0.1, -0.05) is 24.3 Å². The maximum absolute atomic E-state index is 12.2. The summed E-state index contributed by atoms with van der Waals surface area (Å²) in [6.07, 6.45) is 0. The quantitative estimate of drug-likeness (QED) is 0.881. The highest BCUT2D eigenvalue weighted by atomic mass is 16.5. The van der Waals surface area contributed by atoms with Gasteiger partial charge in [-0.15, -0.1) is 0 Å². The number of aromatic hydroxyl groups is 1. The number of phenolic OH excluding ortho intramolecular Hbond substituents is 1. The zero-order valence-electron chi connectivity index (χ0n) is 11.1. The first kappa shape index (κ1) is 12.5. The average molecular weight is 269 g/mol. The van der Waals surface area contributed by atoms with Crippen LogP contribution in [0, 0.1) is 6.92 Å². The molecule has 1 amide bonds. The Kier molecular flexibility index (Phi) is 3.06. The number of hydrogen-bond acceptors (Lipinski definition) is 3. The number of aryl methyl sites for hydroxylation is 1. The van der Waals surface area contributed by atoms with Crippen LogP contribution in [0.2, 0.25) is 0 Å². The van der Waals surface area contributed by atoms with E-state index in [1.807, 2.05) is 31.2 Å². The Bertz CT molecular complexity index is 667. The van der Waals surface area contributed by atoms with Gasteiger partial charge in [-0.2, -0.15) is 0 Å². The van der Waals surface area contributed by atoms with Gasteiger partial charge in [0.2, 0.25) is 0 Å². The Morgan fingerprint density at radius 3 is 2.90 bits per heavy atom. The van der Waals surface area contributed by atoms with Crippen LogP contribution in [0.1, 0.15) is 27.5 Å². The van der Waals surface area contributed by atoms with Gasteiger partial charge in [0.1, 0.15) is 18.1 Å². The molecule has 2 N–H and O–H groups in total. The lowest BCUT2D eigenvalue weighted by atomic mass is 10.1. The van der Waals surface area contributed by atoms with E-state index >= 15 is 0 Å². The van der Waals surface area contributed by atoms with E-state index in [0.29, 0.717) is 6.61 Å². The number of carbonyl (C=O) groups is 1. The third-order valence-electron chi connectivity index (χ3n) is 3.40. The summed E-state index contributed by atoms with van der Waals surface area (Å²) in [4.78, 5) is 12.2. The number of fused-ring (bicyclic) bond motifs is 1. The number of carbonyl (C=O) groups excluding carboxylic acids is 1. The topological polar surface area (TPSA) is 58.6 Å². The minimum absolute atomic E-state index is 0.00491. The molecule has 1 heterocycles. The molecule has 4 heteroatoms. The Morgan fingerprint density at radius 1 is 1.30 bits per heavy atom. The van der Waals surface area contributed by atoms with Gasteiger partial charge < -0.3 is 15.2 Å². The van der Waals surface area contributed by atoms with E-state index in [1.54, 1.807) is 18.2 Å². The predicted molar refractivity (Wildman–Crippen MR) is 75.0 cm³/mol. The first-order valence-electron chi connectivity index (χ1n) is 6.47. The van der Waals surface area contributed by atoms with Crippen LogP contribution in [-0.2, 0) is 0 Å². The Labute approximate surface area is 117 Å². The van der Waals surface area contributed by atoms with E-state index < -0.39 is 0 Å². The van der Waals surface area contributed by atoms with Crippen molar-refractivity contribution in [1.29, 1.82) is 0 Å². The SMILES string of the molecule is Cc1ccc(C(=O)NC2COc3ccccc32)c(O)c1. The predicted octanol–water partition coefficient (Wildman–Crippen LogP) is 2.56. The summed E-state index contributed by atoms with van der Waals surface area (Å²) < 4.78 is 5.52. The molecule has 2 aromatic rings. The highest BCUT2D eigenvalue weighted by Crippen LogP contribution is 2.32. The summed E-state index contributed by atoms with van der Waals surface area (Å²) >= 11 is 0. The molecule has 1 aliphatic heterocycles. The maximum atomic E-state index is 12.2. The molecule has 3 rings (SSSR count). The van der Waals surface area contributed by atoms with Crippen LogP contribution in [0.25, 0.3) is 0 Å². The molecule has 0 bridgehead atoms. The number of benzene rings is 2. The molecular weight excluding hydrogens is 254 g/mol. The molecule has 0 radical (unpaired) electrons. The Morgan fingerprint density at radius 2 is 2.10 bits per heavy atom. The average Bonchev–Trinajstić information content (AvgIpc) is 2.82. The normalized spacial score (nSPS) is 16.4. The van der Waals surface area contributed by atoms with E-state index in [1.165, 1.54) is 0 Å². The summed E-state index contributed by atoms with van der Waals surface area (Å²) in [5.74, 6) is 0.494. The van der Waals surface area contributed by atoms with Crippen LogP contribution >= 0.6 is 0 Å². The fraction of sp³-hybridized carbons (Fsp3) is 0.188. The third-order valence-corrected chi connectivity index (χ3v) is 3.40. The molecule has 0 saturated carbocycles. The number of nitrogens with one attached hydrogen (secondary N) is 1. The summed E-state index contributed by atoms with van der Waals surface area (Å²) in [6, 6.07) is 12.4. The van der Waals surface area contributed by atoms with Crippen LogP contribution in [0.5, 0.6) is 11.5 Å². The minimum Gasteiger partial charge on any atom is -0.507 e. The van der Waals surface area contributed by atoms with Crippen LogP contribution in [-0.4, -0.2) is 17.6 Å². The standard InChI is InChI=1S/C16H15NO3/c1-10-6-7-12(14(18)8-10)16(19)17-13-9-20-15-5-3-2-4-11(13)15/h2-8,13,18H,9H2,1H3,(H,17,19). The minimum atomic E-state index is -0.298. The van der Waals surface area contributed by atoms with Crippen LogP contribution in [0.15, 0.2) is 42.5 Å². The molecular formula is C16H15NO3. The number of ether oxygens (including phenoxy) is 1. The lowest BCUT2D eigenvalue weighted by molar-refractivity contribution is 0.0927. The van der Waals surface area contributed by atoms with Crippen LogP contribution in [0.4, 0.5) is 0 Å². The maximum Gasteiger partial charge on any atom is 0.255 e. The smallest absolute Gasteiger partial charge is 0.255 e. The molecule has 2 aromatic carbocycles. The molecule has 1 unspecified atom stereocenters. The molecule has 0 spiro atoms. The van der Waals surface area contributed by atoms with Gasteiger partial charge in [0.25, 0.3) is 5.91 Å². The van der Waals surface area contributed by atoms with Crippen molar-refractivity contribution in [2.24, 2.45) is 0 Å². The fourth-order valence-electron chi connectivity index (χ4n) is 2.35. The van der Waals surface area contributed by atoms with Gasteiger partial charge in [-0.3, -0.25) is 4.79 Å². The third kappa shape index (κ3) is 2.20. The van der Waals surface area contributed by atoms with Crippen molar-refractivity contribution >= 4 is 5.91 Å². The summed E-state index contributed by atoms with van der Waals surface area (Å²) in [5.41, 5.74) is 2.15. The summed E-state index contributed by atoms with van der Waals surface area (Å²) in [5, 5.41) is 12.7. The van der Waals surface area contributed by atoms with E-state index in [-0.39, 0.29) is 23.3 Å². The molecule has 0 saturated heterocycles. The van der Waals surface area contributed by atoms with E-state index in [0.717, 1.165) is 16.9 Å². The highest BCUT2D eigenvalue weighted by molar-refractivity contribution is 5.97. The van der Waals surface area contributed by atoms with E-state index in [2.05, 4.69) is 5.32 Å². The number of phenols is 1. The zero-order valence-corrected chi connectivity index (χ0v) is 11.1. The monoisotopic (exact) mass is 269 g/mol. The Hall–Kier alpha value is -2.49. The van der Waals surface area contributed by atoms with Crippen molar-refractivity contribution in [3.8, 4) is 11.5 Å². The number of amides is 1. The van der Waals surface area contributed by atoms with Crippen molar-refractivity contribution in [3.05, 3.63) is 59.2 Å². The molecule has 1 atom stereocenters. The van der Waals surface area contributed by atoms with Crippen molar-refractivity contribution < 1.29 is 14.6 Å². The fourth-order valence-corrected chi connectivity index (χ4v) is 2.35. The molecule has 1 aliphatic rings. The van der Waals surface area contributed by atoms with E-state index in [9.17, 15) is 9.90 Å². The van der Waals surface area contributed by atoms with E-state index in [4.69, 9.17) is 4.74 Å². The summed E-state index contributed by atoms with van der Waals surface area (Å²) in [7, 11) is 0. The lowest BCUT2D eigenvalue weighted by Crippen LogP contribution is -2.29. The second kappa shape index (κ2) is 4.89. The number of hydrogen-bond donors (Lipinski definition) is 2. The first-order valence-corrected chi connectivity index (χ1v) is 6.47. The number of rotatable bonds is 2. The van der Waals surface area contributed by atoms with Crippen molar-refractivity contribution in [2.45, 2.75) is 13.0 Å². The van der Waals surface area contributed by atoms with Gasteiger partial charge in [0.15, 0.2) is 0 Å². The van der Waals surface area contributed by atoms with Crippen LogP contribution < -0.4 is 10.1 Å². The van der Waals surface area contributed by atoms with Crippen molar-refractivity contribution in [3.63, 3.8) is 0 Å². The molecule has 4 nitrogen and oxygen atoms in total. The van der Waals surface area contributed by atoms with Gasteiger partial charge in [-0.05, 0) is 30.7 Å². The Balaban J connectivity index is 1.81. The molecule has 0 aromatic heterocycles. The van der Waals surface area contributed by atoms with Gasteiger partial charge in [0.05, 0.1) is 11.6 Å². The van der Waals surface area contributed by atoms with Crippen molar-refractivity contribution in [1.82, 2.24) is 5.32 Å². The number of para-hydroxylation sites is 1. The molecule has 20 heavy (non-hydrogen) atoms. The second-order valence-corrected chi connectivity index (χ2v) is 4.90. The first-order chi connectivity index (χ1) is 9.65. The van der Waals surface area contributed by atoms with Gasteiger partial charge in [0, 0.05) is 5.56 Å². The zero-order chi connectivity index (χ0) is 14.1. The summed E-state index contributed by atoms with van der Waals surface area (Å²) in [6.45, 7) is 2.28. The molecule has 0 aliphatic carbocycles. The lowest BCUT2D eigenvalue weighted by Gasteiger charge is -2.12. The highest BCUT2D eigenvalue weighted by Gasteiger charge is 2.26. The molecule has 102 valence electrons.